The monoisotopic (exact) mass is 493 g/mol. The van der Waals surface area contributed by atoms with Crippen LogP contribution in [0, 0.1) is 56.7 Å². The Bertz CT molecular complexity index is 776. The molecule has 0 heterocycles. The Balaban J connectivity index is 1.56. The average molecular weight is 494 g/mol. The predicted octanol–water partition coefficient (Wildman–Crippen LogP) is 7.05. The fraction of sp³-hybridized carbons (Fsp3) is 1.00. The van der Waals surface area contributed by atoms with E-state index in [-0.39, 0.29) is 22.3 Å². The largest absolute Gasteiger partial charge is 0.381 e. The molecule has 6 heteroatoms. The molecule has 5 unspecified atom stereocenters. The molecule has 0 aliphatic heterocycles. The highest BCUT2D eigenvalue weighted by molar-refractivity contribution is 5.16. The highest BCUT2D eigenvalue weighted by Gasteiger charge is 2.68. The topological polar surface area (TPSA) is 88.3 Å². The van der Waals surface area contributed by atoms with Crippen molar-refractivity contribution < 1.29 is 20.0 Å². The van der Waals surface area contributed by atoms with Crippen molar-refractivity contribution in [3.05, 3.63) is 4.91 Å². The number of nitroso groups, excluding NO2 is 1. The normalized spacial score (nSPS) is 49.1. The van der Waals surface area contributed by atoms with Crippen LogP contribution >= 0.6 is 0 Å². The van der Waals surface area contributed by atoms with E-state index in [0.29, 0.717) is 60.9 Å². The first-order chi connectivity index (χ1) is 16.4. The van der Waals surface area contributed by atoms with Crippen LogP contribution in [0.1, 0.15) is 106 Å². The van der Waals surface area contributed by atoms with Crippen LogP contribution in [0.3, 0.4) is 0 Å². The number of hydrogen-bond donors (Lipinski definition) is 2. The van der Waals surface area contributed by atoms with Crippen LogP contribution in [0.5, 0.6) is 0 Å². The summed E-state index contributed by atoms with van der Waals surface area (Å²) in [5, 5.41) is 24.1. The number of nitrogens with zero attached hydrogens (tertiary/aromatic N) is 1. The molecule has 0 bridgehead atoms. The number of ether oxygens (including phenoxy) is 1. The van der Waals surface area contributed by atoms with E-state index in [9.17, 15) is 15.3 Å². The molecule has 202 valence electrons. The minimum absolute atomic E-state index is 0.0115. The van der Waals surface area contributed by atoms with Gasteiger partial charge in [0.05, 0.1) is 12.2 Å². The third kappa shape index (κ3) is 4.32. The zero-order chi connectivity index (χ0) is 25.8. The van der Waals surface area contributed by atoms with Gasteiger partial charge in [0.25, 0.3) is 0 Å². The first-order valence-electron chi connectivity index (χ1n) is 14.3. The number of fused-ring (bicyclic) bond motifs is 5. The lowest BCUT2D eigenvalue weighted by Gasteiger charge is -2.67. The lowest BCUT2D eigenvalue weighted by atomic mass is 9.39. The molecule has 2 N–H and O–H groups in total. The molecule has 0 radical (unpaired) electrons. The van der Waals surface area contributed by atoms with Gasteiger partial charge >= 0.3 is 0 Å². The van der Waals surface area contributed by atoms with Crippen LogP contribution in [0.25, 0.3) is 0 Å². The molecule has 0 saturated heterocycles. The fourth-order valence-corrected chi connectivity index (χ4v) is 10.2. The maximum absolute atomic E-state index is 11.5. The van der Waals surface area contributed by atoms with E-state index >= 15 is 0 Å². The van der Waals surface area contributed by atoms with E-state index in [1.165, 1.54) is 25.7 Å². The number of methoxy groups -OCH3 is 1. The van der Waals surface area contributed by atoms with Gasteiger partial charge in [0.15, 0.2) is 5.72 Å². The molecule has 0 aromatic rings. The SMILES string of the molecule is CO[C@H](CC[C@@H](C)[C@H]1CCC2C3C(OO)C[C@@]4(C)CC(O)(N=O)CC[C@]4(C)C3CC[C@@]21C)C(C)C. The molecule has 0 aromatic carbocycles. The standard InChI is InChI=1S/C29H51NO5/c1-18(2)23(34-7)11-8-19(3)20-9-10-21-25-22(12-13-27(20,21)5)28(6)14-15-29(31,30-32)17-26(28,4)16-24(25)35-33/h18-25,31,33H,8-17H2,1-7H3/t19-,20-,21?,22?,23-,24?,25?,26+,27-,28-,29?/m1/s1. The van der Waals surface area contributed by atoms with Gasteiger partial charge < -0.3 is 9.84 Å². The summed E-state index contributed by atoms with van der Waals surface area (Å²) in [6.45, 7) is 14.0. The maximum atomic E-state index is 11.5. The Morgan fingerprint density at radius 1 is 1.00 bits per heavy atom. The molecular weight excluding hydrogens is 442 g/mol. The Hall–Kier alpha value is -0.560. The van der Waals surface area contributed by atoms with E-state index in [0.717, 1.165) is 19.3 Å². The highest BCUT2D eigenvalue weighted by atomic mass is 17.1. The highest BCUT2D eigenvalue weighted by Crippen LogP contribution is 2.72. The van der Waals surface area contributed by atoms with Crippen LogP contribution in [0.4, 0.5) is 0 Å². The van der Waals surface area contributed by atoms with Crippen molar-refractivity contribution in [1.29, 1.82) is 0 Å². The Kier molecular flexibility index (Phi) is 7.56. The first kappa shape index (κ1) is 27.5. The van der Waals surface area contributed by atoms with Gasteiger partial charge in [-0.15, -0.1) is 4.91 Å². The zero-order valence-corrected chi connectivity index (χ0v) is 23.3. The second-order valence-corrected chi connectivity index (χ2v) is 14.2. The van der Waals surface area contributed by atoms with Gasteiger partial charge in [-0.05, 0) is 108 Å². The quantitative estimate of drug-likeness (QED) is 0.215. The van der Waals surface area contributed by atoms with E-state index in [1.54, 1.807) is 0 Å². The minimum Gasteiger partial charge on any atom is -0.381 e. The molecule has 6 nitrogen and oxygen atoms in total. The molecule has 4 aliphatic carbocycles. The van der Waals surface area contributed by atoms with Crippen molar-refractivity contribution in [2.75, 3.05) is 7.11 Å². The summed E-state index contributed by atoms with van der Waals surface area (Å²) in [5.41, 5.74) is -1.50. The Labute approximate surface area is 212 Å². The van der Waals surface area contributed by atoms with Crippen LogP contribution in [0.2, 0.25) is 0 Å². The summed E-state index contributed by atoms with van der Waals surface area (Å²) in [6.07, 6.45) is 9.49. The third-order valence-electron chi connectivity index (χ3n) is 12.3. The first-order valence-corrected chi connectivity index (χ1v) is 14.3. The summed E-state index contributed by atoms with van der Waals surface area (Å²) in [7, 11) is 1.84. The molecule has 35 heavy (non-hydrogen) atoms. The predicted molar refractivity (Wildman–Crippen MR) is 137 cm³/mol. The van der Waals surface area contributed by atoms with Gasteiger partial charge in [-0.3, -0.25) is 5.26 Å². The van der Waals surface area contributed by atoms with Crippen molar-refractivity contribution in [2.24, 2.45) is 56.9 Å². The molecule has 11 atom stereocenters. The van der Waals surface area contributed by atoms with Crippen molar-refractivity contribution in [2.45, 2.75) is 124 Å². The van der Waals surface area contributed by atoms with E-state index in [1.807, 2.05) is 7.11 Å². The summed E-state index contributed by atoms with van der Waals surface area (Å²) < 4.78 is 5.76. The molecule has 4 fully saturated rings. The van der Waals surface area contributed by atoms with E-state index in [4.69, 9.17) is 9.62 Å². The molecular formula is C29H51NO5. The number of aliphatic hydroxyl groups is 1. The summed E-state index contributed by atoms with van der Waals surface area (Å²) >= 11 is 0. The number of hydrogen-bond acceptors (Lipinski definition) is 6. The maximum Gasteiger partial charge on any atom is 0.198 e. The molecule has 4 aliphatic rings. The average Bonchev–Trinajstić information content (AvgIpc) is 3.16. The smallest absolute Gasteiger partial charge is 0.198 e. The van der Waals surface area contributed by atoms with Gasteiger partial charge in [-0.1, -0.05) is 41.5 Å². The molecule has 0 aromatic heterocycles. The fourth-order valence-electron chi connectivity index (χ4n) is 10.2. The summed E-state index contributed by atoms with van der Waals surface area (Å²) in [4.78, 5) is 16.8. The van der Waals surface area contributed by atoms with E-state index < -0.39 is 5.72 Å². The zero-order valence-electron chi connectivity index (χ0n) is 23.3. The van der Waals surface area contributed by atoms with Gasteiger partial charge in [-0.2, -0.15) is 0 Å². The molecule has 0 amide bonds. The van der Waals surface area contributed by atoms with Gasteiger partial charge in [0.2, 0.25) is 0 Å². The van der Waals surface area contributed by atoms with Crippen molar-refractivity contribution >= 4 is 0 Å². The Morgan fingerprint density at radius 3 is 2.31 bits per heavy atom. The van der Waals surface area contributed by atoms with Crippen molar-refractivity contribution in [3.63, 3.8) is 0 Å². The second kappa shape index (κ2) is 9.63. The van der Waals surface area contributed by atoms with Crippen LogP contribution in [0.15, 0.2) is 5.18 Å². The van der Waals surface area contributed by atoms with Crippen LogP contribution < -0.4 is 0 Å². The third-order valence-corrected chi connectivity index (χ3v) is 12.3. The number of rotatable bonds is 8. The summed E-state index contributed by atoms with van der Waals surface area (Å²) in [6, 6.07) is 0. The molecule has 4 rings (SSSR count). The van der Waals surface area contributed by atoms with Crippen molar-refractivity contribution in [1.82, 2.24) is 0 Å². The lowest BCUT2D eigenvalue weighted by Crippen LogP contribution is -2.64. The van der Waals surface area contributed by atoms with Gasteiger partial charge in [-0.25, -0.2) is 4.89 Å². The Morgan fingerprint density at radius 2 is 1.71 bits per heavy atom. The second-order valence-electron chi connectivity index (χ2n) is 14.2. The molecule has 0 spiro atoms. The van der Waals surface area contributed by atoms with Crippen molar-refractivity contribution in [3.8, 4) is 0 Å². The molecule has 4 saturated carbocycles. The minimum atomic E-state index is -1.49. The van der Waals surface area contributed by atoms with Gasteiger partial charge in [0.1, 0.15) is 0 Å². The summed E-state index contributed by atoms with van der Waals surface area (Å²) in [5.74, 6) is 3.18. The van der Waals surface area contributed by atoms with Crippen LogP contribution in [-0.2, 0) is 9.62 Å². The lowest BCUT2D eigenvalue weighted by molar-refractivity contribution is -0.339. The van der Waals surface area contributed by atoms with Crippen LogP contribution in [-0.4, -0.2) is 35.4 Å². The van der Waals surface area contributed by atoms with Gasteiger partial charge in [0, 0.05) is 20.0 Å². The van der Waals surface area contributed by atoms with E-state index in [2.05, 4.69) is 46.7 Å².